The summed E-state index contributed by atoms with van der Waals surface area (Å²) < 4.78 is 31.8. The zero-order valence-electron chi connectivity index (χ0n) is 25.6. The first kappa shape index (κ1) is 37.8. The third-order valence-electron chi connectivity index (χ3n) is 7.21. The zero-order chi connectivity index (χ0) is 30.2. The molecule has 0 amide bonds. The van der Waals surface area contributed by atoms with Gasteiger partial charge in [0.2, 0.25) is 0 Å². The molecule has 1 fully saturated rings. The highest BCUT2D eigenvalue weighted by molar-refractivity contribution is 7.46. The molecule has 1 rings (SSSR count). The van der Waals surface area contributed by atoms with E-state index in [0.717, 1.165) is 64.2 Å². The maximum Gasteiger partial charge on any atom is 0.469 e. The van der Waals surface area contributed by atoms with Crippen LogP contribution in [0.15, 0.2) is 12.2 Å². The number of carbonyl (C=O) groups excluding carboxylic acids is 2. The van der Waals surface area contributed by atoms with Gasteiger partial charge in [0, 0.05) is 12.8 Å². The normalized spacial score (nSPS) is 17.6. The summed E-state index contributed by atoms with van der Waals surface area (Å²) >= 11 is 0. The van der Waals surface area contributed by atoms with Crippen molar-refractivity contribution in [3.8, 4) is 0 Å². The van der Waals surface area contributed by atoms with E-state index in [-0.39, 0.29) is 19.4 Å². The molecule has 0 bridgehead atoms. The van der Waals surface area contributed by atoms with Gasteiger partial charge in [0.05, 0.1) is 18.8 Å². The highest BCUT2D eigenvalue weighted by Crippen LogP contribution is 2.36. The molecule has 0 spiro atoms. The molecule has 3 atom stereocenters. The lowest BCUT2D eigenvalue weighted by Crippen LogP contribution is -2.29. The first-order valence-corrected chi connectivity index (χ1v) is 17.6. The van der Waals surface area contributed by atoms with Crippen LogP contribution in [0.4, 0.5) is 0 Å². The number of hydrogen-bond acceptors (Lipinski definition) is 7. The lowest BCUT2D eigenvalue weighted by Gasteiger charge is -2.18. The van der Waals surface area contributed by atoms with Crippen LogP contribution in [0.1, 0.15) is 142 Å². The fraction of sp³-hybridized carbons (Fsp3) is 0.871. The van der Waals surface area contributed by atoms with Crippen molar-refractivity contribution < 1.29 is 42.7 Å². The molecule has 1 aliphatic rings. The second kappa shape index (κ2) is 24.2. The number of epoxide rings is 1. The predicted octanol–water partition coefficient (Wildman–Crippen LogP) is 7.72. The van der Waals surface area contributed by atoms with Crippen molar-refractivity contribution in [3.05, 3.63) is 12.2 Å². The summed E-state index contributed by atoms with van der Waals surface area (Å²) in [4.78, 5) is 42.3. The Morgan fingerprint density at radius 1 is 0.756 bits per heavy atom. The number of esters is 2. The molecular formula is C31H57O9P. The lowest BCUT2D eigenvalue weighted by molar-refractivity contribution is -0.161. The molecule has 0 saturated carbocycles. The van der Waals surface area contributed by atoms with Gasteiger partial charge in [-0.05, 0) is 38.5 Å². The third-order valence-corrected chi connectivity index (χ3v) is 7.69. The van der Waals surface area contributed by atoms with Crippen molar-refractivity contribution in [3.63, 3.8) is 0 Å². The summed E-state index contributed by atoms with van der Waals surface area (Å²) in [7, 11) is -4.74. The van der Waals surface area contributed by atoms with E-state index in [1.165, 1.54) is 44.9 Å². The SMILES string of the molecule is CCCCCCCCCC(=O)OC[C@H](COP(=O)(O)O)OC(=O)CCCCCCC/C=C\CC1OC1CCCCC. The first-order chi connectivity index (χ1) is 19.7. The number of hydrogen-bond donors (Lipinski definition) is 2. The van der Waals surface area contributed by atoms with Crippen molar-refractivity contribution >= 4 is 19.8 Å². The van der Waals surface area contributed by atoms with Crippen LogP contribution in [0.2, 0.25) is 0 Å². The largest absolute Gasteiger partial charge is 0.469 e. The number of unbranched alkanes of at least 4 members (excludes halogenated alkanes) is 13. The summed E-state index contributed by atoms with van der Waals surface area (Å²) in [5.74, 6) is -0.913. The molecule has 10 heteroatoms. The Bertz CT molecular complexity index is 752. The Labute approximate surface area is 248 Å². The highest BCUT2D eigenvalue weighted by atomic mass is 31.2. The maximum absolute atomic E-state index is 12.3. The van der Waals surface area contributed by atoms with Gasteiger partial charge >= 0.3 is 19.8 Å². The number of phosphoric ester groups is 1. The van der Waals surface area contributed by atoms with Crippen LogP contribution in [-0.2, 0) is 32.9 Å². The van der Waals surface area contributed by atoms with E-state index in [2.05, 4.69) is 30.5 Å². The Hall–Kier alpha value is -1.25. The standard InChI is InChI=1S/C31H57O9P/c1-3-5-7-8-11-15-19-23-30(32)37-25-27(26-38-41(34,35)36)39-31(33)24-20-16-13-10-9-12-14-18-22-29-28(40-29)21-17-6-4-2/h14,18,27-29H,3-13,15-17,19-26H2,1-2H3,(H2,34,35,36)/b18-14-/t27-,28?,29?/m1/s1. The van der Waals surface area contributed by atoms with E-state index in [0.29, 0.717) is 18.6 Å². The fourth-order valence-electron chi connectivity index (χ4n) is 4.67. The molecule has 0 aromatic heterocycles. The summed E-state index contributed by atoms with van der Waals surface area (Å²) in [5, 5.41) is 0. The van der Waals surface area contributed by atoms with Crippen LogP contribution in [-0.4, -0.2) is 53.3 Å². The molecule has 2 N–H and O–H groups in total. The minimum Gasteiger partial charge on any atom is -0.462 e. The average Bonchev–Trinajstić information content (AvgIpc) is 3.68. The van der Waals surface area contributed by atoms with E-state index in [4.69, 9.17) is 24.0 Å². The van der Waals surface area contributed by atoms with Crippen LogP contribution in [0, 0.1) is 0 Å². The van der Waals surface area contributed by atoms with Crippen LogP contribution < -0.4 is 0 Å². The molecule has 2 unspecified atom stereocenters. The average molecular weight is 605 g/mol. The number of allylic oxidation sites excluding steroid dienone is 1. The van der Waals surface area contributed by atoms with Crippen LogP contribution in [0.25, 0.3) is 0 Å². The number of carbonyl (C=O) groups is 2. The van der Waals surface area contributed by atoms with Crippen LogP contribution in [0.5, 0.6) is 0 Å². The topological polar surface area (TPSA) is 132 Å². The first-order valence-electron chi connectivity index (χ1n) is 16.1. The smallest absolute Gasteiger partial charge is 0.462 e. The second-order valence-corrected chi connectivity index (χ2v) is 12.4. The summed E-state index contributed by atoms with van der Waals surface area (Å²) in [6.07, 6.45) is 24.1. The summed E-state index contributed by atoms with van der Waals surface area (Å²) in [6.45, 7) is 3.56. The summed E-state index contributed by atoms with van der Waals surface area (Å²) in [5.41, 5.74) is 0. The van der Waals surface area contributed by atoms with Crippen molar-refractivity contribution in [2.45, 2.75) is 161 Å². The molecule has 1 heterocycles. The minimum absolute atomic E-state index is 0.194. The second-order valence-electron chi connectivity index (χ2n) is 11.2. The van der Waals surface area contributed by atoms with E-state index in [1.807, 2.05) is 0 Å². The number of phosphoric acid groups is 1. The quantitative estimate of drug-likeness (QED) is 0.0303. The van der Waals surface area contributed by atoms with E-state index >= 15 is 0 Å². The van der Waals surface area contributed by atoms with Crippen molar-refractivity contribution in [1.29, 1.82) is 0 Å². The van der Waals surface area contributed by atoms with Gasteiger partial charge in [0.1, 0.15) is 6.61 Å². The molecule has 0 aliphatic carbocycles. The Kier molecular flexibility index (Phi) is 22.3. The molecule has 9 nitrogen and oxygen atoms in total. The van der Waals surface area contributed by atoms with Crippen molar-refractivity contribution in [2.75, 3.05) is 13.2 Å². The molecule has 0 radical (unpaired) electrons. The van der Waals surface area contributed by atoms with Gasteiger partial charge in [-0.25, -0.2) is 4.57 Å². The Morgan fingerprint density at radius 3 is 2.00 bits per heavy atom. The van der Waals surface area contributed by atoms with Gasteiger partial charge in [-0.3, -0.25) is 14.1 Å². The summed E-state index contributed by atoms with van der Waals surface area (Å²) in [6, 6.07) is 0. The van der Waals surface area contributed by atoms with Gasteiger partial charge in [-0.15, -0.1) is 0 Å². The van der Waals surface area contributed by atoms with Gasteiger partial charge < -0.3 is 24.0 Å². The van der Waals surface area contributed by atoms with E-state index < -0.39 is 32.5 Å². The lowest BCUT2D eigenvalue weighted by atomic mass is 10.1. The predicted molar refractivity (Wildman–Crippen MR) is 160 cm³/mol. The third kappa shape index (κ3) is 23.9. The fourth-order valence-corrected chi connectivity index (χ4v) is 5.03. The van der Waals surface area contributed by atoms with Crippen LogP contribution in [0.3, 0.4) is 0 Å². The molecule has 0 aromatic carbocycles. The Morgan fingerprint density at radius 2 is 1.34 bits per heavy atom. The highest BCUT2D eigenvalue weighted by Gasteiger charge is 2.36. The van der Waals surface area contributed by atoms with Gasteiger partial charge in [-0.2, -0.15) is 0 Å². The van der Waals surface area contributed by atoms with Crippen molar-refractivity contribution in [1.82, 2.24) is 0 Å². The molecular weight excluding hydrogens is 547 g/mol. The van der Waals surface area contributed by atoms with Crippen molar-refractivity contribution in [2.24, 2.45) is 0 Å². The Balaban J connectivity index is 2.12. The molecule has 240 valence electrons. The minimum atomic E-state index is -4.74. The zero-order valence-corrected chi connectivity index (χ0v) is 26.5. The number of rotatable bonds is 28. The molecule has 1 saturated heterocycles. The molecule has 1 aliphatic heterocycles. The van der Waals surface area contributed by atoms with E-state index in [1.54, 1.807) is 0 Å². The van der Waals surface area contributed by atoms with Gasteiger partial charge in [0.25, 0.3) is 0 Å². The molecule has 0 aromatic rings. The van der Waals surface area contributed by atoms with E-state index in [9.17, 15) is 14.2 Å². The van der Waals surface area contributed by atoms with Gasteiger partial charge in [0.15, 0.2) is 6.10 Å². The molecule has 41 heavy (non-hydrogen) atoms. The van der Waals surface area contributed by atoms with Crippen LogP contribution >= 0.6 is 7.82 Å². The number of ether oxygens (including phenoxy) is 3. The monoisotopic (exact) mass is 604 g/mol. The van der Waals surface area contributed by atoms with Gasteiger partial charge in [-0.1, -0.05) is 103 Å². The maximum atomic E-state index is 12.3.